The number of hydrogen-bond acceptors (Lipinski definition) is 4. The van der Waals surface area contributed by atoms with Crippen LogP contribution in [0.3, 0.4) is 0 Å². The molecule has 5 nitrogen and oxygen atoms in total. The lowest BCUT2D eigenvalue weighted by atomic mass is 10.2. The van der Waals surface area contributed by atoms with Gasteiger partial charge in [0, 0.05) is 22.6 Å². The van der Waals surface area contributed by atoms with Gasteiger partial charge >= 0.3 is 0 Å². The molecule has 1 amide bonds. The van der Waals surface area contributed by atoms with Crippen LogP contribution < -0.4 is 19.5 Å². The average molecular weight is 364 g/mol. The van der Waals surface area contributed by atoms with Gasteiger partial charge < -0.3 is 19.5 Å². The third-order valence-electron chi connectivity index (χ3n) is 3.11. The van der Waals surface area contributed by atoms with Gasteiger partial charge in [-0.15, -0.1) is 0 Å². The quantitative estimate of drug-likeness (QED) is 0.899. The molecule has 0 saturated heterocycles. The van der Waals surface area contributed by atoms with Crippen LogP contribution in [0.25, 0.3) is 0 Å². The van der Waals surface area contributed by atoms with Crippen molar-refractivity contribution >= 4 is 27.5 Å². The van der Waals surface area contributed by atoms with Gasteiger partial charge in [0.25, 0.3) is 0 Å². The van der Waals surface area contributed by atoms with E-state index in [1.165, 1.54) is 6.92 Å². The van der Waals surface area contributed by atoms with Gasteiger partial charge in [0.05, 0.1) is 0 Å². The number of nitrogens with one attached hydrogen (secondary N) is 1. The lowest BCUT2D eigenvalue weighted by Gasteiger charge is -2.10. The van der Waals surface area contributed by atoms with E-state index in [4.69, 9.17) is 14.2 Å². The van der Waals surface area contributed by atoms with Crippen molar-refractivity contribution in [3.05, 3.63) is 46.4 Å². The van der Waals surface area contributed by atoms with Crippen LogP contribution in [0.15, 0.2) is 40.9 Å². The Labute approximate surface area is 136 Å². The second kappa shape index (κ2) is 6.27. The topological polar surface area (TPSA) is 56.8 Å². The van der Waals surface area contributed by atoms with E-state index in [0.717, 1.165) is 33.0 Å². The van der Waals surface area contributed by atoms with Gasteiger partial charge in [0.15, 0.2) is 11.5 Å². The summed E-state index contributed by atoms with van der Waals surface area (Å²) in [6, 6.07) is 11.0. The van der Waals surface area contributed by atoms with E-state index in [0.29, 0.717) is 6.61 Å². The average Bonchev–Trinajstić information content (AvgIpc) is 2.92. The Kier molecular flexibility index (Phi) is 4.20. The monoisotopic (exact) mass is 363 g/mol. The fourth-order valence-electron chi connectivity index (χ4n) is 2.07. The first kappa shape index (κ1) is 14.7. The summed E-state index contributed by atoms with van der Waals surface area (Å²) in [7, 11) is 0. The number of amides is 1. The number of halogens is 1. The van der Waals surface area contributed by atoms with E-state index in [-0.39, 0.29) is 12.7 Å². The summed E-state index contributed by atoms with van der Waals surface area (Å²) in [5.41, 5.74) is 1.71. The molecule has 0 unspecified atom stereocenters. The summed E-state index contributed by atoms with van der Waals surface area (Å²) >= 11 is 3.50. The number of ether oxygens (including phenoxy) is 3. The number of rotatable bonds is 4. The maximum atomic E-state index is 11.0. The highest BCUT2D eigenvalue weighted by Gasteiger charge is 2.16. The minimum Gasteiger partial charge on any atom is -0.489 e. The van der Waals surface area contributed by atoms with Crippen LogP contribution in [-0.2, 0) is 11.4 Å². The molecule has 22 heavy (non-hydrogen) atoms. The van der Waals surface area contributed by atoms with Crippen LogP contribution >= 0.6 is 15.9 Å². The van der Waals surface area contributed by atoms with E-state index in [1.807, 2.05) is 24.3 Å². The van der Waals surface area contributed by atoms with Gasteiger partial charge in [0.2, 0.25) is 12.7 Å². The number of carbonyl (C=O) groups excluding carboxylic acids is 1. The number of carbonyl (C=O) groups is 1. The molecule has 0 atom stereocenters. The zero-order chi connectivity index (χ0) is 15.5. The van der Waals surface area contributed by atoms with Gasteiger partial charge in [-0.1, -0.05) is 15.9 Å². The smallest absolute Gasteiger partial charge is 0.231 e. The molecular formula is C16H14BrNO4. The summed E-state index contributed by atoms with van der Waals surface area (Å²) in [6.45, 7) is 2.12. The van der Waals surface area contributed by atoms with Crippen molar-refractivity contribution in [2.75, 3.05) is 12.1 Å². The number of benzene rings is 2. The van der Waals surface area contributed by atoms with E-state index < -0.39 is 0 Å². The number of fused-ring (bicyclic) bond motifs is 1. The second-order valence-corrected chi connectivity index (χ2v) is 5.65. The molecule has 0 spiro atoms. The second-order valence-electron chi connectivity index (χ2n) is 4.79. The Morgan fingerprint density at radius 3 is 2.59 bits per heavy atom. The van der Waals surface area contributed by atoms with Crippen molar-refractivity contribution in [3.8, 4) is 17.2 Å². The molecule has 2 aromatic carbocycles. The van der Waals surface area contributed by atoms with Crippen LogP contribution in [0.5, 0.6) is 17.2 Å². The largest absolute Gasteiger partial charge is 0.489 e. The van der Waals surface area contributed by atoms with Crippen molar-refractivity contribution in [1.29, 1.82) is 0 Å². The third kappa shape index (κ3) is 3.33. The Balaban J connectivity index is 1.66. The van der Waals surface area contributed by atoms with Crippen LogP contribution in [0.4, 0.5) is 5.69 Å². The Hall–Kier alpha value is -2.21. The molecule has 0 saturated carbocycles. The van der Waals surface area contributed by atoms with Gasteiger partial charge in [-0.2, -0.15) is 0 Å². The molecule has 0 bridgehead atoms. The zero-order valence-electron chi connectivity index (χ0n) is 11.9. The maximum absolute atomic E-state index is 11.0. The normalized spacial score (nSPS) is 12.1. The molecule has 3 rings (SSSR count). The highest BCUT2D eigenvalue weighted by molar-refractivity contribution is 9.10. The number of hydrogen-bond donors (Lipinski definition) is 1. The highest BCUT2D eigenvalue weighted by Crippen LogP contribution is 2.37. The van der Waals surface area contributed by atoms with Crippen LogP contribution in [0.1, 0.15) is 12.5 Å². The molecule has 0 fully saturated rings. The van der Waals surface area contributed by atoms with E-state index >= 15 is 0 Å². The van der Waals surface area contributed by atoms with Crippen molar-refractivity contribution < 1.29 is 19.0 Å². The molecule has 0 radical (unpaired) electrons. The molecule has 2 aromatic rings. The molecule has 0 aromatic heterocycles. The lowest BCUT2D eigenvalue weighted by molar-refractivity contribution is -0.114. The first-order valence-corrected chi connectivity index (χ1v) is 7.49. The summed E-state index contributed by atoms with van der Waals surface area (Å²) in [6.07, 6.45) is 0. The lowest BCUT2D eigenvalue weighted by Crippen LogP contribution is -2.05. The molecule has 1 N–H and O–H groups in total. The van der Waals surface area contributed by atoms with E-state index in [2.05, 4.69) is 21.2 Å². The molecular weight excluding hydrogens is 350 g/mol. The highest BCUT2D eigenvalue weighted by atomic mass is 79.9. The molecule has 6 heteroatoms. The zero-order valence-corrected chi connectivity index (χ0v) is 13.5. The van der Waals surface area contributed by atoms with Gasteiger partial charge in [-0.3, -0.25) is 4.79 Å². The van der Waals surface area contributed by atoms with Crippen molar-refractivity contribution in [2.45, 2.75) is 13.5 Å². The minimum atomic E-state index is -0.0991. The van der Waals surface area contributed by atoms with E-state index in [1.54, 1.807) is 12.1 Å². The molecule has 0 aliphatic carbocycles. The molecule has 1 aliphatic rings. The van der Waals surface area contributed by atoms with Crippen molar-refractivity contribution in [2.24, 2.45) is 0 Å². The van der Waals surface area contributed by atoms with Crippen LogP contribution in [0, 0.1) is 0 Å². The fraction of sp³-hybridized carbons (Fsp3) is 0.188. The SMILES string of the molecule is CC(=O)Nc1ccc(OCc2cc3c(cc2Br)OCO3)cc1. The third-order valence-corrected chi connectivity index (χ3v) is 3.85. The molecule has 114 valence electrons. The van der Waals surface area contributed by atoms with Crippen molar-refractivity contribution in [1.82, 2.24) is 0 Å². The summed E-state index contributed by atoms with van der Waals surface area (Å²) in [5.74, 6) is 2.08. The predicted octanol–water partition coefficient (Wildman–Crippen LogP) is 3.72. The van der Waals surface area contributed by atoms with Gasteiger partial charge in [-0.05, 0) is 36.4 Å². The first-order valence-electron chi connectivity index (χ1n) is 6.70. The van der Waals surface area contributed by atoms with Gasteiger partial charge in [0.1, 0.15) is 12.4 Å². The van der Waals surface area contributed by atoms with E-state index in [9.17, 15) is 4.79 Å². The Bertz CT molecular complexity index is 700. The summed E-state index contributed by atoms with van der Waals surface area (Å²) < 4.78 is 17.3. The minimum absolute atomic E-state index is 0.0991. The predicted molar refractivity (Wildman–Crippen MR) is 85.3 cm³/mol. The van der Waals surface area contributed by atoms with Crippen molar-refractivity contribution in [3.63, 3.8) is 0 Å². The van der Waals surface area contributed by atoms with Crippen LogP contribution in [0.2, 0.25) is 0 Å². The fourth-order valence-corrected chi connectivity index (χ4v) is 2.51. The Morgan fingerprint density at radius 1 is 1.23 bits per heavy atom. The first-order chi connectivity index (χ1) is 10.6. The Morgan fingerprint density at radius 2 is 1.91 bits per heavy atom. The maximum Gasteiger partial charge on any atom is 0.231 e. The summed E-state index contributed by atoms with van der Waals surface area (Å²) in [4.78, 5) is 11.0. The van der Waals surface area contributed by atoms with Crippen LogP contribution in [-0.4, -0.2) is 12.7 Å². The molecule has 1 heterocycles. The summed E-state index contributed by atoms with van der Waals surface area (Å²) in [5, 5.41) is 2.71. The molecule has 1 aliphatic heterocycles. The number of anilines is 1. The standard InChI is InChI=1S/C16H14BrNO4/c1-10(19)18-12-2-4-13(5-3-12)20-8-11-6-15-16(7-14(11)17)22-9-21-15/h2-7H,8-9H2,1H3,(H,18,19). The van der Waals surface area contributed by atoms with Gasteiger partial charge in [-0.25, -0.2) is 0 Å².